The van der Waals surface area contributed by atoms with Crippen LogP contribution in [0.1, 0.15) is 19.3 Å². The van der Waals surface area contributed by atoms with Gasteiger partial charge in [0.15, 0.2) is 5.16 Å². The van der Waals surface area contributed by atoms with Gasteiger partial charge in [0.1, 0.15) is 5.15 Å². The van der Waals surface area contributed by atoms with Crippen LogP contribution in [-0.2, 0) is 0 Å². The van der Waals surface area contributed by atoms with E-state index in [-0.39, 0.29) is 0 Å². The second-order valence-electron chi connectivity index (χ2n) is 4.35. The third-order valence-electron chi connectivity index (χ3n) is 3.07. The van der Waals surface area contributed by atoms with Crippen LogP contribution in [-0.4, -0.2) is 35.9 Å². The van der Waals surface area contributed by atoms with Gasteiger partial charge in [-0.15, -0.1) is 0 Å². The molecule has 0 unspecified atom stereocenters. The van der Waals surface area contributed by atoms with Gasteiger partial charge in [0.05, 0.1) is 6.61 Å². The Bertz CT molecular complexity index is 386. The van der Waals surface area contributed by atoms with Gasteiger partial charge in [0.25, 0.3) is 0 Å². The summed E-state index contributed by atoms with van der Waals surface area (Å²) in [6, 6.07) is 1.67. The first-order valence-electron chi connectivity index (χ1n) is 6.20. The first-order chi connectivity index (χ1) is 8.78. The van der Waals surface area contributed by atoms with Crippen molar-refractivity contribution in [3.63, 3.8) is 0 Å². The van der Waals surface area contributed by atoms with E-state index in [1.807, 2.05) is 6.26 Å². The second-order valence-corrected chi connectivity index (χ2v) is 5.51. The minimum atomic E-state index is 0.436. The van der Waals surface area contributed by atoms with Gasteiger partial charge in [0, 0.05) is 6.07 Å². The largest absolute Gasteiger partial charge is 0.478 e. The molecule has 1 fully saturated rings. The number of halogens is 1. The summed E-state index contributed by atoms with van der Waals surface area (Å²) in [6.45, 7) is 2.95. The van der Waals surface area contributed by atoms with Gasteiger partial charge in [0.2, 0.25) is 5.88 Å². The number of nitrogens with zero attached hydrogens (tertiary/aromatic N) is 2. The molecule has 1 N–H and O–H groups in total. The predicted molar refractivity (Wildman–Crippen MR) is 74.5 cm³/mol. The van der Waals surface area contributed by atoms with Crippen molar-refractivity contribution in [2.45, 2.75) is 24.4 Å². The van der Waals surface area contributed by atoms with Crippen LogP contribution in [0.25, 0.3) is 0 Å². The highest BCUT2D eigenvalue weighted by Crippen LogP contribution is 2.20. The molecule has 2 rings (SSSR count). The van der Waals surface area contributed by atoms with Crippen LogP contribution >= 0.6 is 23.4 Å². The lowest BCUT2D eigenvalue weighted by atomic mass is 9.95. The van der Waals surface area contributed by atoms with Gasteiger partial charge >= 0.3 is 0 Å². The molecule has 4 nitrogen and oxygen atoms in total. The van der Waals surface area contributed by atoms with Gasteiger partial charge in [-0.2, -0.15) is 4.98 Å². The number of rotatable bonds is 5. The number of aromatic nitrogens is 2. The van der Waals surface area contributed by atoms with E-state index in [0.717, 1.165) is 25.4 Å². The van der Waals surface area contributed by atoms with E-state index in [2.05, 4.69) is 15.3 Å². The molecule has 0 atom stereocenters. The molecule has 6 heteroatoms. The van der Waals surface area contributed by atoms with Gasteiger partial charge in [-0.25, -0.2) is 4.98 Å². The van der Waals surface area contributed by atoms with Crippen LogP contribution in [0.2, 0.25) is 5.15 Å². The third-order valence-corrected chi connectivity index (χ3v) is 3.81. The van der Waals surface area contributed by atoms with E-state index in [0.29, 0.717) is 22.8 Å². The molecular weight excluding hydrogens is 270 g/mol. The van der Waals surface area contributed by atoms with Crippen molar-refractivity contribution in [2.24, 2.45) is 5.92 Å². The van der Waals surface area contributed by atoms with Crippen LogP contribution < -0.4 is 10.1 Å². The minimum Gasteiger partial charge on any atom is -0.478 e. The first-order valence-corrected chi connectivity index (χ1v) is 7.80. The summed E-state index contributed by atoms with van der Waals surface area (Å²) in [6.07, 6.45) is 5.48. The molecule has 1 aliphatic rings. The lowest BCUT2D eigenvalue weighted by Gasteiger charge is -2.22. The van der Waals surface area contributed by atoms with Crippen molar-refractivity contribution in [3.05, 3.63) is 11.2 Å². The molecule has 1 saturated heterocycles. The molecule has 0 saturated carbocycles. The Kier molecular flexibility index (Phi) is 5.53. The number of thioether (sulfide) groups is 1. The maximum atomic E-state index is 5.90. The Morgan fingerprint density at radius 2 is 2.22 bits per heavy atom. The van der Waals surface area contributed by atoms with Crippen molar-refractivity contribution >= 4 is 23.4 Å². The summed E-state index contributed by atoms with van der Waals surface area (Å²) in [4.78, 5) is 8.35. The lowest BCUT2D eigenvalue weighted by Crippen LogP contribution is -2.28. The Labute approximate surface area is 117 Å². The van der Waals surface area contributed by atoms with E-state index in [4.69, 9.17) is 16.3 Å². The number of hydrogen-bond donors (Lipinski definition) is 1. The topological polar surface area (TPSA) is 47.0 Å². The Hall–Kier alpha value is -0.520. The van der Waals surface area contributed by atoms with Gasteiger partial charge < -0.3 is 10.1 Å². The van der Waals surface area contributed by atoms with Crippen molar-refractivity contribution < 1.29 is 4.74 Å². The average Bonchev–Trinajstić information content (AvgIpc) is 2.39. The standard InChI is InChI=1S/C12H18ClN3OS/c1-18-12-15-10(13)8-11(16-12)17-7-4-9-2-5-14-6-3-9/h8-9,14H,2-7H2,1H3. The Morgan fingerprint density at radius 1 is 1.44 bits per heavy atom. The van der Waals surface area contributed by atoms with E-state index < -0.39 is 0 Å². The van der Waals surface area contributed by atoms with E-state index in [9.17, 15) is 0 Å². The molecule has 0 bridgehead atoms. The van der Waals surface area contributed by atoms with Crippen LogP contribution in [0.5, 0.6) is 5.88 Å². The molecule has 1 aliphatic heterocycles. The summed E-state index contributed by atoms with van der Waals surface area (Å²) in [5, 5.41) is 4.45. The smallest absolute Gasteiger partial charge is 0.218 e. The molecule has 0 radical (unpaired) electrons. The molecule has 0 aliphatic carbocycles. The fraction of sp³-hybridized carbons (Fsp3) is 0.667. The average molecular weight is 288 g/mol. The molecule has 2 heterocycles. The maximum absolute atomic E-state index is 5.90. The summed E-state index contributed by atoms with van der Waals surface area (Å²) in [7, 11) is 0. The highest BCUT2D eigenvalue weighted by atomic mass is 35.5. The zero-order valence-electron chi connectivity index (χ0n) is 10.5. The monoisotopic (exact) mass is 287 g/mol. The molecule has 0 amide bonds. The van der Waals surface area contributed by atoms with Crippen LogP contribution in [0.4, 0.5) is 0 Å². The van der Waals surface area contributed by atoms with Crippen molar-refractivity contribution in [3.8, 4) is 5.88 Å². The molecule has 100 valence electrons. The van der Waals surface area contributed by atoms with Crippen LogP contribution in [0.15, 0.2) is 11.2 Å². The molecule has 0 aromatic carbocycles. The molecule has 1 aromatic rings. The van der Waals surface area contributed by atoms with E-state index in [1.165, 1.54) is 24.6 Å². The fourth-order valence-corrected chi connectivity index (χ4v) is 2.64. The van der Waals surface area contributed by atoms with Crippen molar-refractivity contribution in [1.82, 2.24) is 15.3 Å². The lowest BCUT2D eigenvalue weighted by molar-refractivity contribution is 0.243. The fourth-order valence-electron chi connectivity index (χ4n) is 2.04. The Morgan fingerprint density at radius 3 is 2.94 bits per heavy atom. The molecule has 0 spiro atoms. The van der Waals surface area contributed by atoms with E-state index >= 15 is 0 Å². The van der Waals surface area contributed by atoms with Gasteiger partial charge in [-0.3, -0.25) is 0 Å². The third kappa shape index (κ3) is 4.30. The summed E-state index contributed by atoms with van der Waals surface area (Å²) in [5.41, 5.74) is 0. The predicted octanol–water partition coefficient (Wildman–Crippen LogP) is 2.62. The quantitative estimate of drug-likeness (QED) is 0.512. The van der Waals surface area contributed by atoms with Crippen LogP contribution in [0.3, 0.4) is 0 Å². The summed E-state index contributed by atoms with van der Waals surface area (Å²) >= 11 is 7.37. The van der Waals surface area contributed by atoms with E-state index in [1.54, 1.807) is 6.07 Å². The van der Waals surface area contributed by atoms with Crippen LogP contribution in [0, 0.1) is 5.92 Å². The second kappa shape index (κ2) is 7.16. The Balaban J connectivity index is 1.80. The summed E-state index contributed by atoms with van der Waals surface area (Å²) in [5.74, 6) is 1.34. The molecular formula is C12H18ClN3OS. The zero-order chi connectivity index (χ0) is 12.8. The van der Waals surface area contributed by atoms with Crippen molar-refractivity contribution in [2.75, 3.05) is 26.0 Å². The summed E-state index contributed by atoms with van der Waals surface area (Å²) < 4.78 is 5.66. The SMILES string of the molecule is CSc1nc(Cl)cc(OCCC2CCNCC2)n1. The molecule has 1 aromatic heterocycles. The number of hydrogen-bond acceptors (Lipinski definition) is 5. The molecule has 18 heavy (non-hydrogen) atoms. The highest BCUT2D eigenvalue weighted by Gasteiger charge is 2.13. The van der Waals surface area contributed by atoms with Crippen molar-refractivity contribution in [1.29, 1.82) is 0 Å². The number of nitrogens with one attached hydrogen (secondary N) is 1. The highest BCUT2D eigenvalue weighted by molar-refractivity contribution is 7.98. The number of piperidine rings is 1. The normalized spacial score (nSPS) is 16.8. The maximum Gasteiger partial charge on any atom is 0.218 e. The minimum absolute atomic E-state index is 0.436. The first kappa shape index (κ1) is 13.9. The zero-order valence-corrected chi connectivity index (χ0v) is 12.1. The van der Waals surface area contributed by atoms with Gasteiger partial charge in [-0.1, -0.05) is 23.4 Å². The van der Waals surface area contributed by atoms with Gasteiger partial charge in [-0.05, 0) is 44.5 Å². The number of ether oxygens (including phenoxy) is 1.